The molecule has 1 N–H and O–H groups in total. The van der Waals surface area contributed by atoms with E-state index in [1.54, 1.807) is 0 Å². The van der Waals surface area contributed by atoms with Crippen LogP contribution in [0.25, 0.3) is 0 Å². The van der Waals surface area contributed by atoms with E-state index in [2.05, 4.69) is 5.32 Å². The first kappa shape index (κ1) is 75.5. The summed E-state index contributed by atoms with van der Waals surface area (Å²) in [6, 6.07) is 0. The number of ether oxygens (including phenoxy) is 22. The summed E-state index contributed by atoms with van der Waals surface area (Å²) in [5.74, 6) is -1.06. The molecule has 0 saturated heterocycles. The standard InChI is InChI=1S/C53H100N2O25/c1-2-59-9-10-61-13-14-63-17-18-65-21-22-67-25-26-69-29-30-71-33-34-73-37-38-75-41-42-77-45-46-79-49-50-80-48-47-78-44-43-76-40-39-74-36-35-72-32-31-70-28-27-68-24-23-66-20-19-64-16-15-62-12-11-60-8-6-54-51(56)5-7-55-52(57)3-4-53(55)58/h3-4H,2,5-50H2,1H3,(H,54,56). The molecule has 0 atom stereocenters. The quantitative estimate of drug-likeness (QED) is 0.0610. The van der Waals surface area contributed by atoms with Crippen molar-refractivity contribution in [2.45, 2.75) is 13.3 Å². The van der Waals surface area contributed by atoms with E-state index in [4.69, 9.17) is 104 Å². The van der Waals surface area contributed by atoms with E-state index < -0.39 is 11.8 Å². The maximum Gasteiger partial charge on any atom is 0.253 e. The summed E-state index contributed by atoms with van der Waals surface area (Å²) in [5, 5.41) is 2.68. The molecule has 1 heterocycles. The van der Waals surface area contributed by atoms with Crippen molar-refractivity contribution in [1.29, 1.82) is 0 Å². The molecule has 0 aromatic heterocycles. The second-order valence-electron chi connectivity index (χ2n) is 16.3. The molecule has 0 aromatic carbocycles. The molecule has 0 fully saturated rings. The Balaban J connectivity index is 1.60. The minimum atomic E-state index is -0.401. The number of hydrogen-bond donors (Lipinski definition) is 1. The molecular weight excluding hydrogens is 1060 g/mol. The average Bonchev–Trinajstić information content (AvgIpc) is 3.80. The summed E-state index contributed by atoms with van der Waals surface area (Å²) >= 11 is 0. The third-order valence-electron chi connectivity index (χ3n) is 10.0. The molecule has 1 rings (SSSR count). The van der Waals surface area contributed by atoms with Gasteiger partial charge in [0.25, 0.3) is 11.8 Å². The Morgan fingerprint density at radius 3 is 0.625 bits per heavy atom. The number of rotatable bonds is 70. The van der Waals surface area contributed by atoms with Crippen molar-refractivity contribution in [1.82, 2.24) is 10.2 Å². The van der Waals surface area contributed by atoms with Crippen LogP contribution in [-0.4, -0.2) is 326 Å². The molecule has 0 aromatic rings. The number of imide groups is 1. The van der Waals surface area contributed by atoms with Crippen LogP contribution < -0.4 is 5.32 Å². The first-order chi connectivity index (χ1) is 39.6. The highest BCUT2D eigenvalue weighted by atomic mass is 16.6. The molecule has 1 aliphatic rings. The predicted molar refractivity (Wildman–Crippen MR) is 287 cm³/mol. The summed E-state index contributed by atoms with van der Waals surface area (Å²) in [6.45, 7) is 23.7. The molecule has 27 nitrogen and oxygen atoms in total. The van der Waals surface area contributed by atoms with Crippen LogP contribution in [0.4, 0.5) is 0 Å². The largest absolute Gasteiger partial charge is 0.379 e. The van der Waals surface area contributed by atoms with Gasteiger partial charge in [-0.3, -0.25) is 19.3 Å². The lowest BCUT2D eigenvalue weighted by Gasteiger charge is -2.13. The maximum absolute atomic E-state index is 11.8. The fourth-order valence-electron chi connectivity index (χ4n) is 5.98. The van der Waals surface area contributed by atoms with Gasteiger partial charge in [-0.25, -0.2) is 0 Å². The SMILES string of the molecule is CCOCCOCCOCCOCCOCCOCCOCCOCCOCCOCCOCCOCCOCCOCCOCCOCCOCCOCCOCCOCCOCCOCCNC(=O)CCN1C(=O)C=CC1=O. The summed E-state index contributed by atoms with van der Waals surface area (Å²) in [7, 11) is 0. The Hall–Kier alpha value is -2.53. The Labute approximate surface area is 474 Å². The zero-order valence-corrected chi connectivity index (χ0v) is 48.0. The van der Waals surface area contributed by atoms with Crippen molar-refractivity contribution in [3.8, 4) is 0 Å². The molecule has 0 saturated carbocycles. The minimum Gasteiger partial charge on any atom is -0.379 e. The molecule has 1 aliphatic heterocycles. The van der Waals surface area contributed by atoms with Gasteiger partial charge in [-0.15, -0.1) is 0 Å². The van der Waals surface area contributed by atoms with Gasteiger partial charge in [0, 0.05) is 38.3 Å². The van der Waals surface area contributed by atoms with E-state index in [-0.39, 0.29) is 18.9 Å². The van der Waals surface area contributed by atoms with Crippen LogP contribution in [0.5, 0.6) is 0 Å². The lowest BCUT2D eigenvalue weighted by molar-refractivity contribution is -0.137. The van der Waals surface area contributed by atoms with Gasteiger partial charge < -0.3 is 110 Å². The van der Waals surface area contributed by atoms with Crippen LogP contribution in [0.1, 0.15) is 13.3 Å². The molecule has 3 amide bonds. The van der Waals surface area contributed by atoms with Crippen LogP contribution >= 0.6 is 0 Å². The van der Waals surface area contributed by atoms with Crippen molar-refractivity contribution in [2.24, 2.45) is 0 Å². The summed E-state index contributed by atoms with van der Waals surface area (Å²) in [6.07, 6.45) is 2.43. The van der Waals surface area contributed by atoms with Crippen LogP contribution in [0.3, 0.4) is 0 Å². The first-order valence-electron chi connectivity index (χ1n) is 28.2. The molecule has 27 heteroatoms. The monoisotopic (exact) mass is 1160 g/mol. The van der Waals surface area contributed by atoms with Gasteiger partial charge in [0.05, 0.1) is 284 Å². The Bertz CT molecular complexity index is 1310. The van der Waals surface area contributed by atoms with Crippen molar-refractivity contribution < 1.29 is 119 Å². The summed E-state index contributed by atoms with van der Waals surface area (Å²) < 4.78 is 120. The third-order valence-corrected chi connectivity index (χ3v) is 10.0. The normalized spacial score (nSPS) is 12.5. The zero-order chi connectivity index (χ0) is 57.2. The molecule has 0 bridgehead atoms. The maximum atomic E-state index is 11.8. The van der Waals surface area contributed by atoms with Gasteiger partial charge >= 0.3 is 0 Å². The van der Waals surface area contributed by atoms with E-state index in [0.29, 0.717) is 297 Å². The minimum absolute atomic E-state index is 0.0458. The molecule has 0 aliphatic carbocycles. The highest BCUT2D eigenvalue weighted by Gasteiger charge is 2.23. The van der Waals surface area contributed by atoms with Gasteiger partial charge in [0.2, 0.25) is 5.91 Å². The first-order valence-corrected chi connectivity index (χ1v) is 28.2. The van der Waals surface area contributed by atoms with Gasteiger partial charge in [0.1, 0.15) is 0 Å². The molecule has 0 radical (unpaired) electrons. The predicted octanol–water partition coefficient (Wildman–Crippen LogP) is -0.197. The van der Waals surface area contributed by atoms with Crippen molar-refractivity contribution in [3.63, 3.8) is 0 Å². The van der Waals surface area contributed by atoms with Crippen molar-refractivity contribution in [2.75, 3.05) is 304 Å². The summed E-state index contributed by atoms with van der Waals surface area (Å²) in [5.41, 5.74) is 0. The molecule has 0 unspecified atom stereocenters. The van der Waals surface area contributed by atoms with Gasteiger partial charge in [0.15, 0.2) is 0 Å². The van der Waals surface area contributed by atoms with Gasteiger partial charge in [-0.2, -0.15) is 0 Å². The van der Waals surface area contributed by atoms with Crippen molar-refractivity contribution >= 4 is 17.7 Å². The zero-order valence-electron chi connectivity index (χ0n) is 48.0. The highest BCUT2D eigenvalue weighted by Crippen LogP contribution is 2.04. The summed E-state index contributed by atoms with van der Waals surface area (Å²) in [4.78, 5) is 35.8. The van der Waals surface area contributed by atoms with Crippen LogP contribution in [-0.2, 0) is 119 Å². The Morgan fingerprint density at radius 1 is 0.287 bits per heavy atom. The average molecular weight is 1170 g/mol. The second-order valence-corrected chi connectivity index (χ2v) is 16.3. The highest BCUT2D eigenvalue weighted by molar-refractivity contribution is 6.13. The van der Waals surface area contributed by atoms with Gasteiger partial charge in [-0.05, 0) is 6.92 Å². The molecule has 0 spiro atoms. The number of nitrogens with zero attached hydrogens (tertiary/aromatic N) is 1. The smallest absolute Gasteiger partial charge is 0.253 e. The molecule has 80 heavy (non-hydrogen) atoms. The van der Waals surface area contributed by atoms with E-state index >= 15 is 0 Å². The number of nitrogens with one attached hydrogen (secondary N) is 1. The lowest BCUT2D eigenvalue weighted by Crippen LogP contribution is -2.35. The number of amides is 3. The van der Waals surface area contributed by atoms with E-state index in [1.165, 1.54) is 12.2 Å². The number of carbonyl (C=O) groups excluding carboxylic acids is 3. The number of carbonyl (C=O) groups is 3. The molecular formula is C53H100N2O25. The Morgan fingerprint density at radius 2 is 0.450 bits per heavy atom. The van der Waals surface area contributed by atoms with E-state index in [0.717, 1.165) is 4.90 Å². The van der Waals surface area contributed by atoms with Gasteiger partial charge in [-0.1, -0.05) is 0 Å². The third kappa shape index (κ3) is 58.7. The van der Waals surface area contributed by atoms with E-state index in [1.807, 2.05) is 6.92 Å². The second kappa shape index (κ2) is 65.6. The van der Waals surface area contributed by atoms with Crippen LogP contribution in [0, 0.1) is 0 Å². The lowest BCUT2D eigenvalue weighted by atomic mass is 10.3. The number of hydrogen-bond acceptors (Lipinski definition) is 25. The van der Waals surface area contributed by atoms with Crippen LogP contribution in [0.15, 0.2) is 12.2 Å². The Kier molecular flexibility index (Phi) is 61.9. The fourth-order valence-corrected chi connectivity index (χ4v) is 5.98. The van der Waals surface area contributed by atoms with E-state index in [9.17, 15) is 14.4 Å². The molecule has 472 valence electrons. The topological polar surface area (TPSA) is 270 Å². The van der Waals surface area contributed by atoms with Crippen LogP contribution in [0.2, 0.25) is 0 Å². The fraction of sp³-hybridized carbons (Fsp3) is 0.906. The van der Waals surface area contributed by atoms with Crippen molar-refractivity contribution in [3.05, 3.63) is 12.2 Å².